The second kappa shape index (κ2) is 4.47. The second-order valence-electron chi connectivity index (χ2n) is 7.12. The normalized spacial score (nSPS) is 39.4. The molecule has 3 heteroatoms. The first-order chi connectivity index (χ1) is 9.46. The van der Waals surface area contributed by atoms with Gasteiger partial charge in [-0.1, -0.05) is 26.3 Å². The van der Waals surface area contributed by atoms with Crippen molar-refractivity contribution < 1.29 is 15.3 Å². The molecule has 0 spiro atoms. The van der Waals surface area contributed by atoms with E-state index in [2.05, 4.69) is 13.8 Å². The summed E-state index contributed by atoms with van der Waals surface area (Å²) in [4.78, 5) is 0. The SMILES string of the molecule is C[C@@]1(CO)CCC[C@@]2(C)c3ccc(O)cc3C(CO)C12. The van der Waals surface area contributed by atoms with Gasteiger partial charge in [0.05, 0.1) is 6.61 Å². The fourth-order valence-electron chi connectivity index (χ4n) is 5.11. The van der Waals surface area contributed by atoms with Crippen LogP contribution in [0.4, 0.5) is 0 Å². The Bertz CT molecular complexity index is 527. The van der Waals surface area contributed by atoms with E-state index in [4.69, 9.17) is 0 Å². The molecule has 0 aliphatic heterocycles. The van der Waals surface area contributed by atoms with Gasteiger partial charge in [0.15, 0.2) is 0 Å². The van der Waals surface area contributed by atoms with Crippen LogP contribution in [0.25, 0.3) is 0 Å². The Balaban J connectivity index is 2.19. The lowest BCUT2D eigenvalue weighted by Crippen LogP contribution is -2.47. The number of phenolic OH excluding ortho intramolecular Hbond substituents is 1. The Labute approximate surface area is 120 Å². The highest BCUT2D eigenvalue weighted by Gasteiger charge is 2.57. The van der Waals surface area contributed by atoms with E-state index in [1.165, 1.54) is 5.56 Å². The third-order valence-electron chi connectivity index (χ3n) is 5.89. The lowest BCUT2D eigenvalue weighted by Gasteiger charge is -2.50. The van der Waals surface area contributed by atoms with Crippen LogP contribution in [-0.2, 0) is 5.41 Å². The predicted molar refractivity (Wildman–Crippen MR) is 77.8 cm³/mol. The second-order valence-corrected chi connectivity index (χ2v) is 7.12. The zero-order chi connectivity index (χ0) is 14.5. The molecule has 0 amide bonds. The highest BCUT2D eigenvalue weighted by molar-refractivity contribution is 5.48. The van der Waals surface area contributed by atoms with Crippen LogP contribution in [0.2, 0.25) is 0 Å². The van der Waals surface area contributed by atoms with E-state index in [1.807, 2.05) is 6.07 Å². The van der Waals surface area contributed by atoms with Crippen molar-refractivity contribution in [2.24, 2.45) is 11.3 Å². The van der Waals surface area contributed by atoms with E-state index >= 15 is 0 Å². The standard InChI is InChI=1S/C17H24O3/c1-16(10-19)6-3-7-17(2)14-5-4-11(20)8-12(14)13(9-18)15(16)17/h4-5,8,13,15,18-20H,3,6-7,9-10H2,1-2H3/t13?,15?,16-,17-/m0/s1. The number of fused-ring (bicyclic) bond motifs is 3. The monoisotopic (exact) mass is 276 g/mol. The molecule has 2 unspecified atom stereocenters. The van der Waals surface area contributed by atoms with Gasteiger partial charge in [0.2, 0.25) is 0 Å². The van der Waals surface area contributed by atoms with Crippen molar-refractivity contribution in [2.45, 2.75) is 44.4 Å². The molecule has 1 saturated carbocycles. The zero-order valence-electron chi connectivity index (χ0n) is 12.3. The van der Waals surface area contributed by atoms with Gasteiger partial charge in [0.25, 0.3) is 0 Å². The number of aromatic hydroxyl groups is 1. The molecule has 4 atom stereocenters. The third-order valence-corrected chi connectivity index (χ3v) is 5.89. The molecule has 0 aromatic heterocycles. The molecule has 1 fully saturated rings. The molecule has 3 nitrogen and oxygen atoms in total. The van der Waals surface area contributed by atoms with Crippen molar-refractivity contribution in [3.8, 4) is 5.75 Å². The summed E-state index contributed by atoms with van der Waals surface area (Å²) in [6, 6.07) is 5.56. The van der Waals surface area contributed by atoms with Crippen LogP contribution in [0.1, 0.15) is 50.2 Å². The Kier molecular flexibility index (Phi) is 3.11. The quantitative estimate of drug-likeness (QED) is 0.778. The average Bonchev–Trinajstić information content (AvgIpc) is 2.68. The van der Waals surface area contributed by atoms with Gasteiger partial charge in [0.1, 0.15) is 5.75 Å². The first-order valence-corrected chi connectivity index (χ1v) is 7.51. The lowest BCUT2D eigenvalue weighted by molar-refractivity contribution is -0.0211. The Morgan fingerprint density at radius 1 is 1.20 bits per heavy atom. The molecule has 0 radical (unpaired) electrons. The van der Waals surface area contributed by atoms with E-state index in [1.54, 1.807) is 12.1 Å². The van der Waals surface area contributed by atoms with Crippen LogP contribution in [0.5, 0.6) is 5.75 Å². The summed E-state index contributed by atoms with van der Waals surface area (Å²) in [5.74, 6) is 0.505. The number of phenols is 1. The number of aliphatic hydroxyl groups is 2. The summed E-state index contributed by atoms with van der Waals surface area (Å²) >= 11 is 0. The fraction of sp³-hybridized carbons (Fsp3) is 0.647. The van der Waals surface area contributed by atoms with Gasteiger partial charge in [-0.2, -0.15) is 0 Å². The van der Waals surface area contributed by atoms with E-state index in [0.29, 0.717) is 0 Å². The molecule has 0 bridgehead atoms. The van der Waals surface area contributed by atoms with Crippen molar-refractivity contribution in [1.82, 2.24) is 0 Å². The van der Waals surface area contributed by atoms with Crippen molar-refractivity contribution in [1.29, 1.82) is 0 Å². The molecular formula is C17H24O3. The molecule has 110 valence electrons. The van der Waals surface area contributed by atoms with E-state index in [-0.39, 0.29) is 41.6 Å². The topological polar surface area (TPSA) is 60.7 Å². The van der Waals surface area contributed by atoms with Crippen LogP contribution < -0.4 is 0 Å². The minimum atomic E-state index is -0.158. The van der Waals surface area contributed by atoms with Gasteiger partial charge >= 0.3 is 0 Å². The van der Waals surface area contributed by atoms with Crippen LogP contribution in [-0.4, -0.2) is 28.5 Å². The van der Waals surface area contributed by atoms with Crippen molar-refractivity contribution in [3.63, 3.8) is 0 Å². The smallest absolute Gasteiger partial charge is 0.115 e. The van der Waals surface area contributed by atoms with Gasteiger partial charge in [-0.15, -0.1) is 0 Å². The minimum absolute atomic E-state index is 0.00778. The molecule has 0 heterocycles. The van der Waals surface area contributed by atoms with Crippen molar-refractivity contribution >= 4 is 0 Å². The summed E-state index contributed by atoms with van der Waals surface area (Å²) in [6.07, 6.45) is 3.18. The summed E-state index contributed by atoms with van der Waals surface area (Å²) in [5, 5.41) is 29.6. The largest absolute Gasteiger partial charge is 0.508 e. The van der Waals surface area contributed by atoms with Gasteiger partial charge in [-0.05, 0) is 52.8 Å². The summed E-state index contributed by atoms with van der Waals surface area (Å²) in [6.45, 7) is 4.63. The van der Waals surface area contributed by atoms with Crippen LogP contribution in [0.3, 0.4) is 0 Å². The number of hydrogen-bond donors (Lipinski definition) is 3. The van der Waals surface area contributed by atoms with Crippen LogP contribution in [0, 0.1) is 11.3 Å². The highest BCUT2D eigenvalue weighted by Crippen LogP contribution is 2.63. The van der Waals surface area contributed by atoms with E-state index in [9.17, 15) is 15.3 Å². The lowest BCUT2D eigenvalue weighted by atomic mass is 9.54. The van der Waals surface area contributed by atoms with Gasteiger partial charge in [0, 0.05) is 12.5 Å². The maximum atomic E-state index is 9.93. The third kappa shape index (κ3) is 1.66. The number of hydrogen-bond acceptors (Lipinski definition) is 3. The molecule has 1 aromatic rings. The summed E-state index contributed by atoms with van der Waals surface area (Å²) < 4.78 is 0. The molecule has 0 saturated heterocycles. The number of aliphatic hydroxyl groups excluding tert-OH is 2. The van der Waals surface area contributed by atoms with Crippen molar-refractivity contribution in [2.75, 3.05) is 13.2 Å². The number of benzene rings is 1. The Morgan fingerprint density at radius 2 is 1.95 bits per heavy atom. The van der Waals surface area contributed by atoms with Crippen LogP contribution >= 0.6 is 0 Å². The molecule has 3 N–H and O–H groups in total. The Hall–Kier alpha value is -1.06. The molecule has 1 aromatic carbocycles. The summed E-state index contributed by atoms with van der Waals surface area (Å²) in [5.41, 5.74) is 2.15. The molecular weight excluding hydrogens is 252 g/mol. The molecule has 2 aliphatic carbocycles. The maximum absolute atomic E-state index is 9.93. The molecule has 20 heavy (non-hydrogen) atoms. The summed E-state index contributed by atoms with van der Waals surface area (Å²) in [7, 11) is 0. The van der Waals surface area contributed by atoms with Gasteiger partial charge in [-0.3, -0.25) is 0 Å². The molecule has 3 rings (SSSR count). The first kappa shape index (κ1) is 13.9. The minimum Gasteiger partial charge on any atom is -0.508 e. The van der Waals surface area contributed by atoms with E-state index < -0.39 is 0 Å². The number of rotatable bonds is 2. The average molecular weight is 276 g/mol. The maximum Gasteiger partial charge on any atom is 0.115 e. The van der Waals surface area contributed by atoms with E-state index in [0.717, 1.165) is 24.8 Å². The van der Waals surface area contributed by atoms with Gasteiger partial charge < -0.3 is 15.3 Å². The Morgan fingerprint density at radius 3 is 2.60 bits per heavy atom. The first-order valence-electron chi connectivity index (χ1n) is 7.51. The zero-order valence-corrected chi connectivity index (χ0v) is 12.3. The highest BCUT2D eigenvalue weighted by atomic mass is 16.3. The predicted octanol–water partition coefficient (Wildman–Crippen LogP) is 2.54. The van der Waals surface area contributed by atoms with Gasteiger partial charge in [-0.25, -0.2) is 0 Å². The van der Waals surface area contributed by atoms with Crippen molar-refractivity contribution in [3.05, 3.63) is 29.3 Å². The fourth-order valence-corrected chi connectivity index (χ4v) is 5.11. The molecule has 2 aliphatic rings. The van der Waals surface area contributed by atoms with Crippen LogP contribution in [0.15, 0.2) is 18.2 Å².